The molecule has 0 spiro atoms. The fraction of sp³-hybridized carbons (Fsp3) is 0.389. The Morgan fingerprint density at radius 3 is 2.80 bits per heavy atom. The van der Waals surface area contributed by atoms with Gasteiger partial charge in [-0.15, -0.1) is 0 Å². The minimum absolute atomic E-state index is 0.245. The van der Waals surface area contributed by atoms with Gasteiger partial charge in [0.2, 0.25) is 0 Å². The highest BCUT2D eigenvalue weighted by Gasteiger charge is 2.35. The third kappa shape index (κ3) is 2.61. The van der Waals surface area contributed by atoms with Crippen molar-refractivity contribution in [3.8, 4) is 0 Å². The molecule has 2 aromatic rings. The summed E-state index contributed by atoms with van der Waals surface area (Å²) in [6.07, 6.45) is 6.29. The molecule has 2 nitrogen and oxygen atoms in total. The molecule has 1 aliphatic rings. The van der Waals surface area contributed by atoms with Crippen LogP contribution in [0.4, 0.5) is 0 Å². The number of hydrogen-bond donors (Lipinski definition) is 1. The Morgan fingerprint density at radius 1 is 1.20 bits per heavy atom. The largest absolute Gasteiger partial charge is 0.324 e. The minimum Gasteiger partial charge on any atom is -0.324 e. The molecule has 1 heterocycles. The summed E-state index contributed by atoms with van der Waals surface area (Å²) in [7, 11) is 0. The number of hydrogen-bond acceptors (Lipinski definition) is 2. The van der Waals surface area contributed by atoms with Crippen LogP contribution in [0.3, 0.4) is 0 Å². The molecule has 0 amide bonds. The van der Waals surface area contributed by atoms with Crippen LogP contribution in [0, 0.1) is 0 Å². The van der Waals surface area contributed by atoms with E-state index in [1.54, 1.807) is 0 Å². The second-order valence-corrected chi connectivity index (χ2v) is 6.16. The zero-order chi connectivity index (χ0) is 14.0. The van der Waals surface area contributed by atoms with Crippen LogP contribution in [0.2, 0.25) is 0 Å². The number of benzene rings is 1. The van der Waals surface area contributed by atoms with E-state index in [2.05, 4.69) is 48.3 Å². The number of aromatic nitrogens is 1. The Hall–Kier alpha value is -1.67. The minimum atomic E-state index is -0.245. The SMILES string of the molecule is CC(N)(Cc1ccccc1)C1CCCc2cccnc21. The van der Waals surface area contributed by atoms with Gasteiger partial charge in [0.15, 0.2) is 0 Å². The van der Waals surface area contributed by atoms with E-state index in [1.165, 1.54) is 23.2 Å². The fourth-order valence-electron chi connectivity index (χ4n) is 3.41. The van der Waals surface area contributed by atoms with Gasteiger partial charge in [-0.2, -0.15) is 0 Å². The maximum absolute atomic E-state index is 6.70. The molecule has 2 heteroatoms. The van der Waals surface area contributed by atoms with Crippen molar-refractivity contribution in [1.29, 1.82) is 0 Å². The van der Waals surface area contributed by atoms with E-state index < -0.39 is 0 Å². The summed E-state index contributed by atoms with van der Waals surface area (Å²) in [5.41, 5.74) is 10.4. The number of rotatable bonds is 3. The van der Waals surface area contributed by atoms with Gasteiger partial charge in [-0.3, -0.25) is 4.98 Å². The third-order valence-corrected chi connectivity index (χ3v) is 4.42. The zero-order valence-corrected chi connectivity index (χ0v) is 12.0. The van der Waals surface area contributed by atoms with Crippen LogP contribution in [-0.4, -0.2) is 10.5 Å². The van der Waals surface area contributed by atoms with Gasteiger partial charge in [-0.1, -0.05) is 36.4 Å². The monoisotopic (exact) mass is 266 g/mol. The first-order valence-electron chi connectivity index (χ1n) is 7.43. The summed E-state index contributed by atoms with van der Waals surface area (Å²) in [4.78, 5) is 4.63. The maximum Gasteiger partial charge on any atom is 0.0484 e. The molecule has 1 aromatic heterocycles. The average Bonchev–Trinajstić information content (AvgIpc) is 2.47. The molecule has 20 heavy (non-hydrogen) atoms. The molecule has 3 rings (SSSR count). The summed E-state index contributed by atoms with van der Waals surface area (Å²) < 4.78 is 0. The molecule has 0 saturated heterocycles. The Labute approximate surface area is 121 Å². The molecular formula is C18H22N2. The molecular weight excluding hydrogens is 244 g/mol. The van der Waals surface area contributed by atoms with E-state index in [0.717, 1.165) is 19.3 Å². The van der Waals surface area contributed by atoms with Crippen molar-refractivity contribution in [2.75, 3.05) is 0 Å². The van der Waals surface area contributed by atoms with Gasteiger partial charge in [-0.25, -0.2) is 0 Å². The predicted molar refractivity (Wildman–Crippen MR) is 82.7 cm³/mol. The highest BCUT2D eigenvalue weighted by atomic mass is 14.8. The van der Waals surface area contributed by atoms with E-state index in [9.17, 15) is 0 Å². The van der Waals surface area contributed by atoms with Gasteiger partial charge in [0, 0.05) is 23.3 Å². The highest BCUT2D eigenvalue weighted by Crippen LogP contribution is 2.38. The summed E-state index contributed by atoms with van der Waals surface area (Å²) in [5.74, 6) is 0.354. The number of aryl methyl sites for hydroxylation is 1. The molecule has 0 aliphatic heterocycles. The quantitative estimate of drug-likeness (QED) is 0.924. The number of pyridine rings is 1. The molecule has 0 radical (unpaired) electrons. The van der Waals surface area contributed by atoms with Crippen LogP contribution < -0.4 is 5.73 Å². The van der Waals surface area contributed by atoms with Crippen LogP contribution >= 0.6 is 0 Å². The average molecular weight is 266 g/mol. The molecule has 0 bridgehead atoms. The molecule has 104 valence electrons. The lowest BCUT2D eigenvalue weighted by Gasteiger charge is -2.37. The Kier molecular flexibility index (Phi) is 3.58. The smallest absolute Gasteiger partial charge is 0.0484 e. The normalized spacial score (nSPS) is 21.0. The lowest BCUT2D eigenvalue weighted by molar-refractivity contribution is 0.331. The van der Waals surface area contributed by atoms with E-state index in [1.807, 2.05) is 12.3 Å². The van der Waals surface area contributed by atoms with E-state index in [0.29, 0.717) is 5.92 Å². The van der Waals surface area contributed by atoms with E-state index >= 15 is 0 Å². The molecule has 1 aliphatic carbocycles. The van der Waals surface area contributed by atoms with Gasteiger partial charge in [0.05, 0.1) is 0 Å². The first kappa shape index (κ1) is 13.3. The first-order valence-corrected chi connectivity index (χ1v) is 7.43. The van der Waals surface area contributed by atoms with Crippen molar-refractivity contribution in [1.82, 2.24) is 4.98 Å². The van der Waals surface area contributed by atoms with Crippen molar-refractivity contribution in [3.63, 3.8) is 0 Å². The van der Waals surface area contributed by atoms with Crippen LogP contribution in [0.5, 0.6) is 0 Å². The van der Waals surface area contributed by atoms with Crippen molar-refractivity contribution in [2.45, 2.75) is 44.1 Å². The number of fused-ring (bicyclic) bond motifs is 1. The van der Waals surface area contributed by atoms with E-state index in [4.69, 9.17) is 5.73 Å². The second-order valence-electron chi connectivity index (χ2n) is 6.16. The molecule has 2 atom stereocenters. The summed E-state index contributed by atoms with van der Waals surface area (Å²) in [5, 5.41) is 0. The second kappa shape index (κ2) is 5.37. The van der Waals surface area contributed by atoms with Crippen molar-refractivity contribution < 1.29 is 0 Å². The van der Waals surface area contributed by atoms with Crippen molar-refractivity contribution >= 4 is 0 Å². The molecule has 0 fully saturated rings. The van der Waals surface area contributed by atoms with Gasteiger partial charge < -0.3 is 5.73 Å². The van der Waals surface area contributed by atoms with Crippen LogP contribution in [0.1, 0.15) is 42.5 Å². The molecule has 1 aromatic carbocycles. The standard InChI is InChI=1S/C18H22N2/c1-18(19,13-14-7-3-2-4-8-14)16-11-5-9-15-10-6-12-20-17(15)16/h2-4,6-8,10,12,16H,5,9,11,13,19H2,1H3. The molecule has 2 N–H and O–H groups in total. The van der Waals surface area contributed by atoms with Crippen LogP contribution in [-0.2, 0) is 12.8 Å². The molecule has 2 unspecified atom stereocenters. The van der Waals surface area contributed by atoms with Gasteiger partial charge in [0.25, 0.3) is 0 Å². The summed E-state index contributed by atoms with van der Waals surface area (Å²) >= 11 is 0. The van der Waals surface area contributed by atoms with Crippen LogP contribution in [0.25, 0.3) is 0 Å². The lowest BCUT2D eigenvalue weighted by Crippen LogP contribution is -2.46. The van der Waals surface area contributed by atoms with E-state index in [-0.39, 0.29) is 5.54 Å². The van der Waals surface area contributed by atoms with Crippen LogP contribution in [0.15, 0.2) is 48.7 Å². The highest BCUT2D eigenvalue weighted by molar-refractivity contribution is 5.30. The predicted octanol–water partition coefficient (Wildman–Crippen LogP) is 3.46. The maximum atomic E-state index is 6.70. The van der Waals surface area contributed by atoms with Gasteiger partial charge >= 0.3 is 0 Å². The topological polar surface area (TPSA) is 38.9 Å². The first-order chi connectivity index (χ1) is 9.67. The Morgan fingerprint density at radius 2 is 2.00 bits per heavy atom. The summed E-state index contributed by atoms with van der Waals surface area (Å²) in [6, 6.07) is 14.8. The zero-order valence-electron chi connectivity index (χ0n) is 12.0. The Bertz CT molecular complexity index is 575. The van der Waals surface area contributed by atoms with Gasteiger partial charge in [-0.05, 0) is 49.8 Å². The van der Waals surface area contributed by atoms with Crippen molar-refractivity contribution in [2.24, 2.45) is 5.73 Å². The lowest BCUT2D eigenvalue weighted by atomic mass is 9.72. The summed E-state index contributed by atoms with van der Waals surface area (Å²) in [6.45, 7) is 2.18. The van der Waals surface area contributed by atoms with Gasteiger partial charge in [0.1, 0.15) is 0 Å². The number of nitrogens with zero attached hydrogens (tertiary/aromatic N) is 1. The Balaban J connectivity index is 1.88. The fourth-order valence-corrected chi connectivity index (χ4v) is 3.41. The van der Waals surface area contributed by atoms with Crippen molar-refractivity contribution in [3.05, 3.63) is 65.5 Å². The molecule has 0 saturated carbocycles. The third-order valence-electron chi connectivity index (χ3n) is 4.42. The number of nitrogens with two attached hydrogens (primary N) is 1.